The molecule has 70 valence electrons. The van der Waals surface area contributed by atoms with Gasteiger partial charge in [0.15, 0.2) is 0 Å². The number of benzene rings is 1. The maximum absolute atomic E-state index is 13.3. The summed E-state index contributed by atoms with van der Waals surface area (Å²) in [5, 5.41) is 0. The van der Waals surface area contributed by atoms with Gasteiger partial charge in [-0.1, -0.05) is 6.07 Å². The molecule has 2 rings (SSSR count). The van der Waals surface area contributed by atoms with E-state index in [1.54, 1.807) is 6.07 Å². The van der Waals surface area contributed by atoms with E-state index in [9.17, 15) is 4.39 Å². The average molecular weight is 181 g/mol. The molecule has 0 aliphatic carbocycles. The highest BCUT2D eigenvalue weighted by molar-refractivity contribution is 5.44. The first-order chi connectivity index (χ1) is 6.20. The molecule has 0 bridgehead atoms. The molecule has 0 radical (unpaired) electrons. The Bertz CT molecular complexity index is 338. The number of ether oxygens (including phenoxy) is 1. The zero-order valence-corrected chi connectivity index (χ0v) is 7.51. The summed E-state index contributed by atoms with van der Waals surface area (Å²) in [4.78, 5) is 0. The fraction of sp³-hybridized carbons (Fsp3) is 0.400. The number of aryl methyl sites for hydroxylation is 1. The molecule has 0 saturated heterocycles. The Morgan fingerprint density at radius 1 is 1.54 bits per heavy atom. The first-order valence-corrected chi connectivity index (χ1v) is 4.37. The number of fused-ring (bicyclic) bond motifs is 1. The minimum Gasteiger partial charge on any atom is -0.493 e. The highest BCUT2D eigenvalue weighted by Gasteiger charge is 2.23. The summed E-state index contributed by atoms with van der Waals surface area (Å²) in [5.74, 6) is 0.381. The molecule has 0 spiro atoms. The second-order valence-electron chi connectivity index (χ2n) is 3.35. The van der Waals surface area contributed by atoms with Crippen molar-refractivity contribution in [3.63, 3.8) is 0 Å². The molecular weight excluding hydrogens is 169 g/mol. The van der Waals surface area contributed by atoms with E-state index < -0.39 is 0 Å². The Hall–Kier alpha value is -1.09. The molecule has 0 amide bonds. The van der Waals surface area contributed by atoms with Crippen LogP contribution in [-0.4, -0.2) is 6.61 Å². The van der Waals surface area contributed by atoms with Gasteiger partial charge >= 0.3 is 0 Å². The van der Waals surface area contributed by atoms with E-state index in [-0.39, 0.29) is 11.9 Å². The molecule has 2 N–H and O–H groups in total. The lowest BCUT2D eigenvalue weighted by molar-refractivity contribution is 0.262. The highest BCUT2D eigenvalue weighted by Crippen LogP contribution is 2.35. The van der Waals surface area contributed by atoms with Gasteiger partial charge in [-0.2, -0.15) is 0 Å². The third-order valence-corrected chi connectivity index (χ3v) is 2.39. The van der Waals surface area contributed by atoms with Crippen LogP contribution >= 0.6 is 0 Å². The zero-order valence-electron chi connectivity index (χ0n) is 7.51. The van der Waals surface area contributed by atoms with Crippen LogP contribution in [0.1, 0.15) is 23.6 Å². The first-order valence-electron chi connectivity index (χ1n) is 4.37. The fourth-order valence-electron chi connectivity index (χ4n) is 1.65. The molecule has 1 aromatic rings. The van der Waals surface area contributed by atoms with Gasteiger partial charge in [0.25, 0.3) is 0 Å². The van der Waals surface area contributed by atoms with Crippen molar-refractivity contribution >= 4 is 0 Å². The normalized spacial score (nSPS) is 20.7. The summed E-state index contributed by atoms with van der Waals surface area (Å²) < 4.78 is 18.7. The maximum Gasteiger partial charge on any atom is 0.131 e. The van der Waals surface area contributed by atoms with E-state index in [4.69, 9.17) is 10.5 Å². The monoisotopic (exact) mass is 181 g/mol. The topological polar surface area (TPSA) is 35.2 Å². The molecule has 1 heterocycles. The van der Waals surface area contributed by atoms with Crippen molar-refractivity contribution in [2.75, 3.05) is 6.61 Å². The Morgan fingerprint density at radius 3 is 3.00 bits per heavy atom. The van der Waals surface area contributed by atoms with Crippen molar-refractivity contribution in [3.8, 4) is 5.75 Å². The molecule has 0 saturated carbocycles. The van der Waals surface area contributed by atoms with E-state index >= 15 is 0 Å². The molecular formula is C10H12FNO. The molecule has 0 unspecified atom stereocenters. The fourth-order valence-corrected chi connectivity index (χ4v) is 1.65. The molecule has 2 nitrogen and oxygen atoms in total. The second kappa shape index (κ2) is 3.00. The SMILES string of the molecule is Cc1ccc(F)c2c1OCC[C@@H]2N. The molecule has 1 aliphatic heterocycles. The molecule has 13 heavy (non-hydrogen) atoms. The predicted molar refractivity (Wildman–Crippen MR) is 48.2 cm³/mol. The molecule has 3 heteroatoms. The Kier molecular flexibility index (Phi) is 1.96. The van der Waals surface area contributed by atoms with E-state index in [1.165, 1.54) is 6.07 Å². The van der Waals surface area contributed by atoms with E-state index in [1.807, 2.05) is 6.92 Å². The van der Waals surface area contributed by atoms with E-state index in [0.717, 1.165) is 5.56 Å². The molecule has 0 aromatic heterocycles. The molecule has 1 aliphatic rings. The summed E-state index contributed by atoms with van der Waals surface area (Å²) >= 11 is 0. The third-order valence-electron chi connectivity index (χ3n) is 2.39. The standard InChI is InChI=1S/C10H12FNO/c1-6-2-3-7(11)9-8(12)4-5-13-10(6)9/h2-3,8H,4-5,12H2,1H3/t8-/m0/s1. The Morgan fingerprint density at radius 2 is 2.31 bits per heavy atom. The summed E-state index contributed by atoms with van der Waals surface area (Å²) in [6.07, 6.45) is 0.688. The number of hydrogen-bond donors (Lipinski definition) is 1. The van der Waals surface area contributed by atoms with Gasteiger partial charge in [-0.25, -0.2) is 4.39 Å². The number of nitrogens with two attached hydrogens (primary N) is 1. The van der Waals surface area contributed by atoms with E-state index in [0.29, 0.717) is 24.3 Å². The average Bonchev–Trinajstić information content (AvgIpc) is 2.12. The van der Waals surface area contributed by atoms with Gasteiger partial charge in [-0.15, -0.1) is 0 Å². The van der Waals surface area contributed by atoms with Crippen LogP contribution in [0, 0.1) is 12.7 Å². The highest BCUT2D eigenvalue weighted by atomic mass is 19.1. The van der Waals surface area contributed by atoms with Crippen LogP contribution < -0.4 is 10.5 Å². The van der Waals surface area contributed by atoms with Crippen LogP contribution in [0.15, 0.2) is 12.1 Å². The Labute approximate surface area is 76.5 Å². The van der Waals surface area contributed by atoms with Crippen molar-refractivity contribution in [1.29, 1.82) is 0 Å². The van der Waals surface area contributed by atoms with Crippen LogP contribution in [0.25, 0.3) is 0 Å². The van der Waals surface area contributed by atoms with Gasteiger partial charge < -0.3 is 10.5 Å². The Balaban J connectivity index is 2.60. The van der Waals surface area contributed by atoms with E-state index in [2.05, 4.69) is 0 Å². The number of hydrogen-bond acceptors (Lipinski definition) is 2. The van der Waals surface area contributed by atoms with Gasteiger partial charge in [0, 0.05) is 18.0 Å². The lowest BCUT2D eigenvalue weighted by atomic mass is 9.98. The smallest absolute Gasteiger partial charge is 0.131 e. The van der Waals surface area contributed by atoms with Crippen LogP contribution in [0.4, 0.5) is 4.39 Å². The zero-order chi connectivity index (χ0) is 9.42. The van der Waals surface area contributed by atoms with Gasteiger partial charge in [0.1, 0.15) is 11.6 Å². The largest absolute Gasteiger partial charge is 0.493 e. The van der Waals surface area contributed by atoms with Gasteiger partial charge in [-0.3, -0.25) is 0 Å². The minimum absolute atomic E-state index is 0.219. The second-order valence-corrected chi connectivity index (χ2v) is 3.35. The van der Waals surface area contributed by atoms with Crippen molar-refractivity contribution < 1.29 is 9.13 Å². The van der Waals surface area contributed by atoms with Crippen molar-refractivity contribution in [1.82, 2.24) is 0 Å². The van der Waals surface area contributed by atoms with Gasteiger partial charge in [0.2, 0.25) is 0 Å². The molecule has 1 aromatic carbocycles. The number of rotatable bonds is 0. The quantitative estimate of drug-likeness (QED) is 0.663. The predicted octanol–water partition coefficient (Wildman–Crippen LogP) is 1.92. The summed E-state index contributed by atoms with van der Waals surface area (Å²) in [6, 6.07) is 2.94. The van der Waals surface area contributed by atoms with Crippen LogP contribution in [-0.2, 0) is 0 Å². The van der Waals surface area contributed by atoms with Crippen molar-refractivity contribution in [2.24, 2.45) is 5.73 Å². The third kappa shape index (κ3) is 1.29. The van der Waals surface area contributed by atoms with Crippen molar-refractivity contribution in [3.05, 3.63) is 29.1 Å². The first kappa shape index (κ1) is 8.51. The van der Waals surface area contributed by atoms with Gasteiger partial charge in [0.05, 0.1) is 6.61 Å². The maximum atomic E-state index is 13.3. The number of halogens is 1. The van der Waals surface area contributed by atoms with Crippen LogP contribution in [0.3, 0.4) is 0 Å². The van der Waals surface area contributed by atoms with Crippen LogP contribution in [0.5, 0.6) is 5.75 Å². The minimum atomic E-state index is -0.257. The molecule has 1 atom stereocenters. The summed E-state index contributed by atoms with van der Waals surface area (Å²) in [7, 11) is 0. The lowest BCUT2D eigenvalue weighted by Crippen LogP contribution is -2.22. The summed E-state index contributed by atoms with van der Waals surface area (Å²) in [6.45, 7) is 2.48. The van der Waals surface area contributed by atoms with Crippen molar-refractivity contribution in [2.45, 2.75) is 19.4 Å². The van der Waals surface area contributed by atoms with Crippen LogP contribution in [0.2, 0.25) is 0 Å². The molecule has 0 fully saturated rings. The summed E-state index contributed by atoms with van der Waals surface area (Å²) in [5.41, 5.74) is 7.28. The van der Waals surface area contributed by atoms with Gasteiger partial charge in [-0.05, 0) is 18.6 Å². The lowest BCUT2D eigenvalue weighted by Gasteiger charge is -2.24.